The molecule has 0 unspecified atom stereocenters. The van der Waals surface area contributed by atoms with Crippen molar-refractivity contribution in [3.63, 3.8) is 0 Å². The van der Waals surface area contributed by atoms with Crippen molar-refractivity contribution in [2.45, 2.75) is 13.1 Å². The molecule has 4 heteroatoms. The van der Waals surface area contributed by atoms with E-state index in [1.165, 1.54) is 11.1 Å². The van der Waals surface area contributed by atoms with Crippen LogP contribution in [0.3, 0.4) is 0 Å². The number of anilines is 3. The van der Waals surface area contributed by atoms with Crippen LogP contribution in [0.2, 0.25) is 10.0 Å². The number of para-hydroxylation sites is 1. The van der Waals surface area contributed by atoms with Crippen LogP contribution < -0.4 is 10.2 Å². The van der Waals surface area contributed by atoms with Gasteiger partial charge in [-0.1, -0.05) is 47.5 Å². The molecule has 0 aromatic heterocycles. The molecule has 3 aromatic rings. The maximum absolute atomic E-state index is 6.15. The quantitative estimate of drug-likeness (QED) is 0.597. The van der Waals surface area contributed by atoms with Gasteiger partial charge < -0.3 is 10.2 Å². The summed E-state index contributed by atoms with van der Waals surface area (Å²) >= 11 is 12.2. The van der Waals surface area contributed by atoms with Crippen LogP contribution >= 0.6 is 23.2 Å². The summed E-state index contributed by atoms with van der Waals surface area (Å²) in [7, 11) is 0. The monoisotopic (exact) mass is 354 g/mol. The van der Waals surface area contributed by atoms with E-state index in [0.29, 0.717) is 10.0 Å². The second-order valence-electron chi connectivity index (χ2n) is 5.93. The smallest absolute Gasteiger partial charge is 0.0612 e. The van der Waals surface area contributed by atoms with E-state index in [2.05, 4.69) is 40.5 Å². The molecular weight excluding hydrogens is 339 g/mol. The number of hydrogen-bond acceptors (Lipinski definition) is 2. The molecule has 2 nitrogen and oxygen atoms in total. The van der Waals surface area contributed by atoms with Gasteiger partial charge in [-0.25, -0.2) is 0 Å². The van der Waals surface area contributed by atoms with Crippen molar-refractivity contribution in [3.8, 4) is 0 Å². The van der Waals surface area contributed by atoms with Crippen molar-refractivity contribution in [3.05, 3.63) is 87.9 Å². The molecule has 0 amide bonds. The predicted molar refractivity (Wildman–Crippen MR) is 103 cm³/mol. The lowest BCUT2D eigenvalue weighted by molar-refractivity contribution is 0.881. The summed E-state index contributed by atoms with van der Waals surface area (Å²) in [6.07, 6.45) is 0. The molecule has 1 heterocycles. The minimum Gasteiger partial charge on any atom is -0.363 e. The third-order valence-corrected chi connectivity index (χ3v) is 5.00. The minimum atomic E-state index is 0.589. The van der Waals surface area contributed by atoms with E-state index in [4.69, 9.17) is 23.2 Å². The number of nitrogens with one attached hydrogen (secondary N) is 1. The number of rotatable bonds is 3. The largest absolute Gasteiger partial charge is 0.363 e. The first-order valence-electron chi connectivity index (χ1n) is 7.83. The van der Waals surface area contributed by atoms with Gasteiger partial charge in [0.05, 0.1) is 10.0 Å². The molecule has 3 aromatic carbocycles. The highest BCUT2D eigenvalue weighted by molar-refractivity contribution is 6.42. The van der Waals surface area contributed by atoms with Crippen LogP contribution in [0.25, 0.3) is 0 Å². The zero-order valence-corrected chi connectivity index (χ0v) is 14.5. The molecule has 0 radical (unpaired) electrons. The van der Waals surface area contributed by atoms with Crippen molar-refractivity contribution in [2.75, 3.05) is 10.2 Å². The summed E-state index contributed by atoms with van der Waals surface area (Å²) in [5, 5.41) is 4.63. The van der Waals surface area contributed by atoms with Gasteiger partial charge in [0.25, 0.3) is 0 Å². The lowest BCUT2D eigenvalue weighted by atomic mass is 10.1. The highest BCUT2D eigenvalue weighted by atomic mass is 35.5. The lowest BCUT2D eigenvalue weighted by Crippen LogP contribution is -2.14. The first kappa shape index (κ1) is 15.4. The Morgan fingerprint density at radius 3 is 2.29 bits per heavy atom. The van der Waals surface area contributed by atoms with E-state index in [-0.39, 0.29) is 0 Å². The Kier molecular flexibility index (Phi) is 4.09. The predicted octanol–water partition coefficient (Wildman–Crippen LogP) is 6.26. The van der Waals surface area contributed by atoms with E-state index in [1.807, 2.05) is 36.4 Å². The average molecular weight is 355 g/mol. The fourth-order valence-corrected chi connectivity index (χ4v) is 3.32. The molecule has 0 fully saturated rings. The summed E-state index contributed by atoms with van der Waals surface area (Å²) in [6.45, 7) is 1.76. The Hall–Kier alpha value is -2.16. The summed E-state index contributed by atoms with van der Waals surface area (Å²) in [5.41, 5.74) is 5.98. The number of fused-ring (bicyclic) bond motifs is 1. The molecule has 0 spiro atoms. The van der Waals surface area contributed by atoms with E-state index < -0.39 is 0 Å². The Morgan fingerprint density at radius 1 is 0.708 bits per heavy atom. The number of benzene rings is 3. The van der Waals surface area contributed by atoms with E-state index in [9.17, 15) is 0 Å². The maximum Gasteiger partial charge on any atom is 0.0612 e. The third kappa shape index (κ3) is 3.08. The van der Waals surface area contributed by atoms with Gasteiger partial charge in [0.15, 0.2) is 0 Å². The van der Waals surface area contributed by atoms with Crippen molar-refractivity contribution in [2.24, 2.45) is 0 Å². The first-order chi connectivity index (χ1) is 11.7. The van der Waals surface area contributed by atoms with Gasteiger partial charge in [0.2, 0.25) is 0 Å². The van der Waals surface area contributed by atoms with Crippen molar-refractivity contribution >= 4 is 40.3 Å². The molecule has 4 rings (SSSR count). The summed E-state index contributed by atoms with van der Waals surface area (Å²) in [6, 6.07) is 22.5. The Bertz CT molecular complexity index is 878. The Balaban J connectivity index is 1.55. The van der Waals surface area contributed by atoms with Crippen LogP contribution in [0.5, 0.6) is 0 Å². The highest BCUT2D eigenvalue weighted by Gasteiger charge is 2.20. The lowest BCUT2D eigenvalue weighted by Gasteiger charge is -2.18. The highest BCUT2D eigenvalue weighted by Crippen LogP contribution is 2.33. The van der Waals surface area contributed by atoms with Crippen LogP contribution in [0, 0.1) is 0 Å². The molecule has 1 aliphatic heterocycles. The fraction of sp³-hybridized carbons (Fsp3) is 0.100. The first-order valence-corrected chi connectivity index (χ1v) is 8.58. The van der Waals surface area contributed by atoms with Crippen molar-refractivity contribution in [1.82, 2.24) is 0 Å². The summed E-state index contributed by atoms with van der Waals surface area (Å²) in [5.74, 6) is 0. The minimum absolute atomic E-state index is 0.589. The zero-order valence-electron chi connectivity index (χ0n) is 13.0. The van der Waals surface area contributed by atoms with Crippen LogP contribution in [0.1, 0.15) is 11.1 Å². The van der Waals surface area contributed by atoms with E-state index >= 15 is 0 Å². The zero-order chi connectivity index (χ0) is 16.5. The molecular formula is C20H16Cl2N2. The van der Waals surface area contributed by atoms with Crippen molar-refractivity contribution in [1.29, 1.82) is 0 Å². The van der Waals surface area contributed by atoms with Crippen molar-refractivity contribution < 1.29 is 0 Å². The van der Waals surface area contributed by atoms with Gasteiger partial charge in [0, 0.05) is 30.2 Å². The number of nitrogens with zero attached hydrogens (tertiary/aromatic N) is 1. The number of hydrogen-bond donors (Lipinski definition) is 1. The van der Waals surface area contributed by atoms with Gasteiger partial charge in [-0.15, -0.1) is 0 Å². The average Bonchev–Trinajstić information content (AvgIpc) is 3.01. The van der Waals surface area contributed by atoms with Crippen LogP contribution in [-0.4, -0.2) is 0 Å². The molecule has 0 bridgehead atoms. The van der Waals surface area contributed by atoms with Crippen LogP contribution in [0.15, 0.2) is 66.7 Å². The second kappa shape index (κ2) is 6.39. The molecule has 24 heavy (non-hydrogen) atoms. The standard InChI is InChI=1S/C20H16Cl2N2/c21-19-9-8-18(11-20(19)22)24-12-14-6-7-17(10-15(14)13-24)23-16-4-2-1-3-5-16/h1-11,23H,12-13H2. The number of halogens is 2. The molecule has 0 saturated carbocycles. The Labute approximate surface area is 151 Å². The fourth-order valence-electron chi connectivity index (χ4n) is 3.02. The van der Waals surface area contributed by atoms with Gasteiger partial charge in [-0.05, 0) is 53.6 Å². The molecule has 1 aliphatic rings. The van der Waals surface area contributed by atoms with E-state index in [0.717, 1.165) is 30.2 Å². The topological polar surface area (TPSA) is 15.3 Å². The van der Waals surface area contributed by atoms with Gasteiger partial charge in [0.1, 0.15) is 0 Å². The summed E-state index contributed by atoms with van der Waals surface area (Å²) in [4.78, 5) is 2.30. The normalized spacial score (nSPS) is 13.0. The Morgan fingerprint density at radius 2 is 1.50 bits per heavy atom. The van der Waals surface area contributed by atoms with E-state index in [1.54, 1.807) is 0 Å². The maximum atomic E-state index is 6.15. The van der Waals surface area contributed by atoms with Crippen LogP contribution in [0.4, 0.5) is 17.1 Å². The molecule has 0 aliphatic carbocycles. The third-order valence-electron chi connectivity index (χ3n) is 4.26. The van der Waals surface area contributed by atoms with Gasteiger partial charge >= 0.3 is 0 Å². The second-order valence-corrected chi connectivity index (χ2v) is 6.74. The molecule has 1 N–H and O–H groups in total. The molecule has 120 valence electrons. The SMILES string of the molecule is Clc1ccc(N2Cc3ccc(Nc4ccccc4)cc3C2)cc1Cl. The van der Waals surface area contributed by atoms with Gasteiger partial charge in [-0.2, -0.15) is 0 Å². The van der Waals surface area contributed by atoms with Crippen LogP contribution in [-0.2, 0) is 13.1 Å². The molecule has 0 atom stereocenters. The van der Waals surface area contributed by atoms with Gasteiger partial charge in [-0.3, -0.25) is 0 Å². The molecule has 0 saturated heterocycles. The summed E-state index contributed by atoms with van der Waals surface area (Å²) < 4.78 is 0.